The smallest absolute Gasteiger partial charge is 0.325 e. The second kappa shape index (κ2) is 6.55. The summed E-state index contributed by atoms with van der Waals surface area (Å²) >= 11 is 0. The summed E-state index contributed by atoms with van der Waals surface area (Å²) in [6, 6.07) is 5.35. The standard InChI is InChI=1S/C18H19N5O3/c1-2-26-16(24)10-21-18(25)22-12-3-4-13-11(7-12)8-14-17(13)20-9-15-19-5-6-23(14)15/h3-5,7,9,20H,2,6,8,10H2,1H3,(H2,21,22,25). The first-order valence-electron chi connectivity index (χ1n) is 8.49. The van der Waals surface area contributed by atoms with Crippen LogP contribution in [0.25, 0.3) is 5.70 Å². The van der Waals surface area contributed by atoms with Crippen LogP contribution in [0.3, 0.4) is 0 Å². The van der Waals surface area contributed by atoms with Gasteiger partial charge in [0.05, 0.1) is 18.8 Å². The van der Waals surface area contributed by atoms with Crippen molar-refractivity contribution in [1.82, 2.24) is 15.5 Å². The molecule has 1 aromatic rings. The van der Waals surface area contributed by atoms with E-state index in [-0.39, 0.29) is 13.2 Å². The van der Waals surface area contributed by atoms with Crippen molar-refractivity contribution >= 4 is 29.6 Å². The molecular formula is C18H19N5O3. The molecule has 8 heteroatoms. The average molecular weight is 353 g/mol. The number of nitrogens with one attached hydrogen (secondary N) is 3. The predicted molar refractivity (Wildman–Crippen MR) is 97.1 cm³/mol. The van der Waals surface area contributed by atoms with Crippen molar-refractivity contribution in [2.45, 2.75) is 13.3 Å². The lowest BCUT2D eigenvalue weighted by atomic mass is 10.1. The van der Waals surface area contributed by atoms with Gasteiger partial charge >= 0.3 is 12.0 Å². The molecule has 26 heavy (non-hydrogen) atoms. The third-order valence-corrected chi connectivity index (χ3v) is 4.41. The maximum absolute atomic E-state index is 11.9. The molecule has 2 heterocycles. The first-order chi connectivity index (χ1) is 12.7. The molecule has 3 N–H and O–H groups in total. The van der Waals surface area contributed by atoms with Gasteiger partial charge in [0.15, 0.2) is 0 Å². The molecule has 1 aromatic carbocycles. The van der Waals surface area contributed by atoms with Crippen molar-refractivity contribution in [3.05, 3.63) is 47.0 Å². The van der Waals surface area contributed by atoms with Gasteiger partial charge in [0.1, 0.15) is 12.4 Å². The maximum Gasteiger partial charge on any atom is 0.325 e. The summed E-state index contributed by atoms with van der Waals surface area (Å²) in [5, 5.41) is 8.56. The molecule has 0 aromatic heterocycles. The Labute approximate surface area is 150 Å². The molecule has 8 nitrogen and oxygen atoms in total. The van der Waals surface area contributed by atoms with E-state index in [0.29, 0.717) is 5.69 Å². The highest BCUT2D eigenvalue weighted by molar-refractivity contribution is 5.92. The Kier molecular flexibility index (Phi) is 4.08. The van der Waals surface area contributed by atoms with E-state index < -0.39 is 12.0 Å². The molecule has 0 fully saturated rings. The predicted octanol–water partition coefficient (Wildman–Crippen LogP) is 1.38. The Morgan fingerprint density at radius 3 is 3.12 bits per heavy atom. The molecule has 3 aliphatic rings. The summed E-state index contributed by atoms with van der Waals surface area (Å²) in [5.74, 6) is 0.462. The Morgan fingerprint density at radius 1 is 1.38 bits per heavy atom. The average Bonchev–Trinajstić information content (AvgIpc) is 3.23. The van der Waals surface area contributed by atoms with Crippen LogP contribution in [0.5, 0.6) is 0 Å². The number of rotatable bonds is 4. The third-order valence-electron chi connectivity index (χ3n) is 4.41. The van der Waals surface area contributed by atoms with Crippen LogP contribution in [-0.2, 0) is 16.0 Å². The highest BCUT2D eigenvalue weighted by atomic mass is 16.5. The van der Waals surface area contributed by atoms with Gasteiger partial charge in [-0.1, -0.05) is 6.07 Å². The van der Waals surface area contributed by atoms with Gasteiger partial charge in [-0.25, -0.2) is 9.79 Å². The van der Waals surface area contributed by atoms with Crippen LogP contribution in [0, 0.1) is 0 Å². The van der Waals surface area contributed by atoms with Crippen LogP contribution < -0.4 is 16.0 Å². The number of hydrogen-bond acceptors (Lipinski definition) is 6. The number of benzene rings is 1. The highest BCUT2D eigenvalue weighted by Crippen LogP contribution is 2.38. The zero-order valence-electron chi connectivity index (χ0n) is 14.3. The highest BCUT2D eigenvalue weighted by Gasteiger charge is 2.31. The molecule has 2 amide bonds. The molecule has 0 saturated heterocycles. The Morgan fingerprint density at radius 2 is 2.27 bits per heavy atom. The summed E-state index contributed by atoms with van der Waals surface area (Å²) in [6.45, 7) is 2.63. The fraction of sp³-hybridized carbons (Fsp3) is 0.278. The number of esters is 1. The van der Waals surface area contributed by atoms with E-state index >= 15 is 0 Å². The monoisotopic (exact) mass is 353 g/mol. The van der Waals surface area contributed by atoms with Gasteiger partial charge in [0, 0.05) is 35.8 Å². The lowest BCUT2D eigenvalue weighted by molar-refractivity contribution is -0.141. The molecule has 0 spiro atoms. The summed E-state index contributed by atoms with van der Waals surface area (Å²) in [7, 11) is 0. The Bertz CT molecular complexity index is 872. The van der Waals surface area contributed by atoms with E-state index in [1.54, 1.807) is 6.92 Å². The van der Waals surface area contributed by atoms with Crippen molar-refractivity contribution in [2.24, 2.45) is 4.99 Å². The summed E-state index contributed by atoms with van der Waals surface area (Å²) in [4.78, 5) is 29.8. The molecular weight excluding hydrogens is 334 g/mol. The van der Waals surface area contributed by atoms with Crippen molar-refractivity contribution in [3.63, 3.8) is 0 Å². The van der Waals surface area contributed by atoms with Crippen LogP contribution in [0.4, 0.5) is 10.5 Å². The van der Waals surface area contributed by atoms with Gasteiger partial charge in [-0.2, -0.15) is 0 Å². The van der Waals surface area contributed by atoms with Gasteiger partial charge in [-0.15, -0.1) is 0 Å². The molecule has 4 rings (SSSR count). The van der Waals surface area contributed by atoms with E-state index in [0.717, 1.165) is 35.6 Å². The minimum absolute atomic E-state index is 0.159. The van der Waals surface area contributed by atoms with Crippen LogP contribution in [0.2, 0.25) is 0 Å². The number of aliphatic imine (C=N–C) groups is 1. The topological polar surface area (TPSA) is 95.1 Å². The first-order valence-corrected chi connectivity index (χ1v) is 8.49. The molecule has 1 aliphatic carbocycles. The zero-order valence-corrected chi connectivity index (χ0v) is 14.3. The second-order valence-electron chi connectivity index (χ2n) is 6.05. The number of carbonyl (C=O) groups is 2. The zero-order chi connectivity index (χ0) is 18.1. The minimum atomic E-state index is -0.462. The molecule has 134 valence electrons. The summed E-state index contributed by atoms with van der Waals surface area (Å²) in [6.07, 6.45) is 4.58. The fourth-order valence-corrected chi connectivity index (χ4v) is 3.30. The first kappa shape index (κ1) is 16.2. The third kappa shape index (κ3) is 2.90. The molecule has 0 unspecified atom stereocenters. The second-order valence-corrected chi connectivity index (χ2v) is 6.05. The van der Waals surface area contributed by atoms with Gasteiger partial charge in [0.25, 0.3) is 0 Å². The van der Waals surface area contributed by atoms with Gasteiger partial charge in [0.2, 0.25) is 0 Å². The lowest BCUT2D eigenvalue weighted by Gasteiger charge is -2.25. The number of urea groups is 1. The Balaban J connectivity index is 1.41. The van der Waals surface area contributed by atoms with Crippen molar-refractivity contribution < 1.29 is 14.3 Å². The van der Waals surface area contributed by atoms with E-state index in [1.165, 1.54) is 5.70 Å². The minimum Gasteiger partial charge on any atom is -0.465 e. The van der Waals surface area contributed by atoms with Crippen molar-refractivity contribution in [1.29, 1.82) is 0 Å². The van der Waals surface area contributed by atoms with Crippen LogP contribution >= 0.6 is 0 Å². The van der Waals surface area contributed by atoms with E-state index in [9.17, 15) is 9.59 Å². The number of fused-ring (bicyclic) bond motifs is 4. The van der Waals surface area contributed by atoms with E-state index in [1.807, 2.05) is 30.6 Å². The molecule has 0 radical (unpaired) electrons. The number of nitrogens with zero attached hydrogens (tertiary/aromatic N) is 2. The number of carbonyl (C=O) groups excluding carboxylic acids is 2. The van der Waals surface area contributed by atoms with Gasteiger partial charge in [-0.3, -0.25) is 4.79 Å². The number of anilines is 1. The lowest BCUT2D eigenvalue weighted by Crippen LogP contribution is -2.34. The SMILES string of the molecule is CCOC(=O)CNC(=O)Nc1ccc2c(c1)CC1=C2NC=C2N=CCN21. The van der Waals surface area contributed by atoms with Crippen LogP contribution in [0.15, 0.2) is 40.9 Å². The van der Waals surface area contributed by atoms with E-state index in [2.05, 4.69) is 25.8 Å². The molecule has 0 atom stereocenters. The largest absolute Gasteiger partial charge is 0.465 e. The quantitative estimate of drug-likeness (QED) is 0.711. The fourth-order valence-electron chi connectivity index (χ4n) is 3.30. The summed E-state index contributed by atoms with van der Waals surface area (Å²) in [5.41, 5.74) is 5.22. The van der Waals surface area contributed by atoms with Gasteiger partial charge < -0.3 is 25.6 Å². The molecule has 0 bridgehead atoms. The van der Waals surface area contributed by atoms with Gasteiger partial charge in [-0.05, 0) is 24.6 Å². The number of hydrogen-bond donors (Lipinski definition) is 3. The number of allylic oxidation sites excluding steroid dienone is 1. The molecule has 2 aliphatic heterocycles. The van der Waals surface area contributed by atoms with Crippen molar-refractivity contribution in [2.75, 3.05) is 25.0 Å². The number of ether oxygens (including phenoxy) is 1. The van der Waals surface area contributed by atoms with E-state index in [4.69, 9.17) is 4.74 Å². The van der Waals surface area contributed by atoms with Crippen molar-refractivity contribution in [3.8, 4) is 0 Å². The normalized spacial score (nSPS) is 16.3. The maximum atomic E-state index is 11.9. The van der Waals surface area contributed by atoms with Crippen LogP contribution in [0.1, 0.15) is 18.1 Å². The molecule has 0 saturated carbocycles. The summed E-state index contributed by atoms with van der Waals surface area (Å²) < 4.78 is 4.78. The van der Waals surface area contributed by atoms with Crippen LogP contribution in [-0.4, -0.2) is 42.8 Å². The number of amides is 2. The Hall–Kier alpha value is -3.29.